The van der Waals surface area contributed by atoms with Gasteiger partial charge in [0.15, 0.2) is 5.69 Å². The van der Waals surface area contributed by atoms with Crippen LogP contribution in [0.1, 0.15) is 21.6 Å². The molecular formula is C15H10Cl3N3O2. The molecule has 1 heterocycles. The van der Waals surface area contributed by atoms with Crippen LogP contribution in [0.15, 0.2) is 35.0 Å². The van der Waals surface area contributed by atoms with E-state index in [0.717, 1.165) is 0 Å². The van der Waals surface area contributed by atoms with Gasteiger partial charge in [0.25, 0.3) is 0 Å². The highest BCUT2D eigenvalue weighted by Gasteiger charge is 2.21. The molecule has 8 heteroatoms. The average Bonchev–Trinajstić information content (AvgIpc) is 2.90. The molecule has 0 aliphatic carbocycles. The fraction of sp³-hybridized carbons (Fsp3) is 0.0667. The molecule has 0 bridgehead atoms. The molecule has 0 saturated carbocycles. The molecule has 0 spiro atoms. The van der Waals surface area contributed by atoms with Crippen LogP contribution < -0.4 is 5.73 Å². The van der Waals surface area contributed by atoms with Crippen molar-refractivity contribution in [3.63, 3.8) is 0 Å². The molecule has 0 aliphatic heterocycles. The molecule has 0 unspecified atom stereocenters. The van der Waals surface area contributed by atoms with Crippen LogP contribution in [0.5, 0.6) is 0 Å². The third-order valence-corrected chi connectivity index (χ3v) is 4.07. The van der Waals surface area contributed by atoms with Crippen LogP contribution in [0.3, 0.4) is 0 Å². The van der Waals surface area contributed by atoms with E-state index < -0.39 is 5.97 Å². The number of rotatable bonds is 3. The van der Waals surface area contributed by atoms with E-state index in [1.54, 1.807) is 24.3 Å². The number of aromatic nitrogens is 1. The fourth-order valence-electron chi connectivity index (χ4n) is 2.02. The Balaban J connectivity index is 2.68. The van der Waals surface area contributed by atoms with Gasteiger partial charge in [0, 0.05) is 11.9 Å². The zero-order valence-corrected chi connectivity index (χ0v) is 14.1. The minimum atomic E-state index is -0.661. The van der Waals surface area contributed by atoms with Crippen molar-refractivity contribution in [1.29, 1.82) is 5.26 Å². The standard InChI is InChI=1S/C15H10Cl3N3O2/c1-23-15(22)13-12(20)9(6-19)7-21(13)10-4-2-3-8(5-10)11(16)14(17)18/h2-5,7H,20H2,1H3. The van der Waals surface area contributed by atoms with E-state index in [0.29, 0.717) is 11.3 Å². The number of halogens is 3. The Labute approximate surface area is 147 Å². The maximum absolute atomic E-state index is 12.0. The monoisotopic (exact) mass is 369 g/mol. The first-order valence-electron chi connectivity index (χ1n) is 6.21. The summed E-state index contributed by atoms with van der Waals surface area (Å²) < 4.78 is 6.10. The first kappa shape index (κ1) is 17.2. The molecule has 0 saturated heterocycles. The highest BCUT2D eigenvalue weighted by atomic mass is 35.5. The molecule has 2 N–H and O–H groups in total. The molecule has 0 radical (unpaired) electrons. The maximum Gasteiger partial charge on any atom is 0.357 e. The van der Waals surface area contributed by atoms with Gasteiger partial charge in [-0.25, -0.2) is 4.79 Å². The lowest BCUT2D eigenvalue weighted by Crippen LogP contribution is -2.11. The van der Waals surface area contributed by atoms with Gasteiger partial charge in [0.05, 0.1) is 23.4 Å². The number of ether oxygens (including phenoxy) is 1. The van der Waals surface area contributed by atoms with Crippen LogP contribution in [0, 0.1) is 11.3 Å². The van der Waals surface area contributed by atoms with Crippen LogP contribution in [-0.4, -0.2) is 17.6 Å². The van der Waals surface area contributed by atoms with Gasteiger partial charge in [0.1, 0.15) is 10.6 Å². The Morgan fingerprint density at radius 3 is 2.61 bits per heavy atom. The Morgan fingerprint density at radius 1 is 1.35 bits per heavy atom. The number of anilines is 1. The number of carbonyl (C=O) groups is 1. The predicted molar refractivity (Wildman–Crippen MR) is 90.7 cm³/mol. The largest absolute Gasteiger partial charge is 0.464 e. The van der Waals surface area contributed by atoms with Crippen molar-refractivity contribution in [2.45, 2.75) is 0 Å². The number of hydrogen-bond donors (Lipinski definition) is 1. The maximum atomic E-state index is 12.0. The van der Waals surface area contributed by atoms with Crippen molar-refractivity contribution in [3.8, 4) is 11.8 Å². The van der Waals surface area contributed by atoms with E-state index in [4.69, 9.17) is 50.5 Å². The fourth-order valence-corrected chi connectivity index (χ4v) is 2.36. The molecule has 2 aromatic rings. The van der Waals surface area contributed by atoms with E-state index in [1.807, 2.05) is 6.07 Å². The van der Waals surface area contributed by atoms with Gasteiger partial charge >= 0.3 is 5.97 Å². The van der Waals surface area contributed by atoms with Crippen molar-refractivity contribution in [3.05, 3.63) is 51.8 Å². The third kappa shape index (κ3) is 3.30. The second-order valence-corrected chi connectivity index (χ2v) is 5.73. The molecule has 118 valence electrons. The molecule has 0 aliphatic rings. The van der Waals surface area contributed by atoms with Crippen LogP contribution in [0.25, 0.3) is 10.7 Å². The zero-order chi connectivity index (χ0) is 17.1. The number of hydrogen-bond acceptors (Lipinski definition) is 4. The van der Waals surface area contributed by atoms with E-state index in [1.165, 1.54) is 17.9 Å². The summed E-state index contributed by atoms with van der Waals surface area (Å²) in [7, 11) is 1.23. The first-order chi connectivity index (χ1) is 10.9. The number of nitrogen functional groups attached to an aromatic ring is 1. The Bertz CT molecular complexity index is 846. The lowest BCUT2D eigenvalue weighted by molar-refractivity contribution is 0.0593. The highest BCUT2D eigenvalue weighted by molar-refractivity contribution is 6.66. The smallest absolute Gasteiger partial charge is 0.357 e. The van der Waals surface area contributed by atoms with Gasteiger partial charge in [-0.2, -0.15) is 5.26 Å². The Hall–Kier alpha value is -2.13. The van der Waals surface area contributed by atoms with Gasteiger partial charge in [-0.15, -0.1) is 0 Å². The van der Waals surface area contributed by atoms with E-state index in [2.05, 4.69) is 0 Å². The normalized spacial score (nSPS) is 10.0. The van der Waals surface area contributed by atoms with Gasteiger partial charge in [0.2, 0.25) is 0 Å². The molecule has 0 atom stereocenters. The van der Waals surface area contributed by atoms with Crippen LogP contribution >= 0.6 is 34.8 Å². The van der Waals surface area contributed by atoms with Crippen LogP contribution in [0.2, 0.25) is 0 Å². The number of benzene rings is 1. The molecule has 0 amide bonds. The van der Waals surface area contributed by atoms with E-state index in [-0.39, 0.29) is 26.5 Å². The van der Waals surface area contributed by atoms with E-state index in [9.17, 15) is 4.79 Å². The molecule has 2 rings (SSSR count). The average molecular weight is 371 g/mol. The number of esters is 1. The predicted octanol–water partition coefficient (Wildman–Crippen LogP) is 4.06. The minimum absolute atomic E-state index is 0.0433. The number of nitriles is 1. The van der Waals surface area contributed by atoms with Crippen molar-refractivity contribution in [1.82, 2.24) is 4.57 Å². The number of carbonyl (C=O) groups excluding carboxylic acids is 1. The SMILES string of the molecule is COC(=O)c1c(N)c(C#N)cn1-c1cccc(C(Cl)=C(Cl)Cl)c1. The van der Waals surface area contributed by atoms with Crippen molar-refractivity contribution in [2.24, 2.45) is 0 Å². The molecule has 1 aromatic heterocycles. The Kier molecular flexibility index (Phi) is 5.22. The second kappa shape index (κ2) is 6.97. The van der Waals surface area contributed by atoms with E-state index >= 15 is 0 Å². The molecule has 0 fully saturated rings. The molecule has 5 nitrogen and oxygen atoms in total. The lowest BCUT2D eigenvalue weighted by atomic mass is 10.2. The van der Waals surface area contributed by atoms with Crippen molar-refractivity contribution >= 4 is 51.5 Å². The zero-order valence-electron chi connectivity index (χ0n) is 11.8. The summed E-state index contributed by atoms with van der Waals surface area (Å²) in [6.07, 6.45) is 1.45. The topological polar surface area (TPSA) is 81.0 Å². The summed E-state index contributed by atoms with van der Waals surface area (Å²) in [5.41, 5.74) is 7.20. The number of methoxy groups -OCH3 is 1. The minimum Gasteiger partial charge on any atom is -0.464 e. The van der Waals surface area contributed by atoms with Crippen molar-refractivity contribution in [2.75, 3.05) is 12.8 Å². The van der Waals surface area contributed by atoms with Crippen LogP contribution in [-0.2, 0) is 4.74 Å². The summed E-state index contributed by atoms with van der Waals surface area (Å²) in [6, 6.07) is 8.70. The summed E-state index contributed by atoms with van der Waals surface area (Å²) in [6.45, 7) is 0. The van der Waals surface area contributed by atoms with Gasteiger partial charge in [-0.3, -0.25) is 0 Å². The summed E-state index contributed by atoms with van der Waals surface area (Å²) in [4.78, 5) is 12.0. The Morgan fingerprint density at radius 2 is 2.04 bits per heavy atom. The summed E-state index contributed by atoms with van der Waals surface area (Å²) in [5.74, 6) is -0.661. The van der Waals surface area contributed by atoms with Gasteiger partial charge in [-0.05, 0) is 17.7 Å². The van der Waals surface area contributed by atoms with Crippen LogP contribution in [0.4, 0.5) is 5.69 Å². The van der Waals surface area contributed by atoms with Crippen molar-refractivity contribution < 1.29 is 9.53 Å². The lowest BCUT2D eigenvalue weighted by Gasteiger charge is -2.10. The quantitative estimate of drug-likeness (QED) is 0.826. The molecule has 1 aromatic carbocycles. The first-order valence-corrected chi connectivity index (χ1v) is 7.35. The molecule has 23 heavy (non-hydrogen) atoms. The molecular weight excluding hydrogens is 361 g/mol. The second-order valence-electron chi connectivity index (χ2n) is 4.40. The number of nitrogens with zero attached hydrogens (tertiary/aromatic N) is 2. The third-order valence-electron chi connectivity index (χ3n) is 3.09. The van der Waals surface area contributed by atoms with Gasteiger partial charge < -0.3 is 15.0 Å². The summed E-state index contributed by atoms with van der Waals surface area (Å²) >= 11 is 17.4. The number of nitrogens with two attached hydrogens (primary N) is 1. The summed E-state index contributed by atoms with van der Waals surface area (Å²) in [5, 5.41) is 9.28. The van der Waals surface area contributed by atoms with Gasteiger partial charge in [-0.1, -0.05) is 46.9 Å². The highest BCUT2D eigenvalue weighted by Crippen LogP contribution is 2.30.